The monoisotopic (exact) mass is 325 g/mol. The molecule has 1 aromatic carbocycles. The van der Waals surface area contributed by atoms with Gasteiger partial charge in [0, 0.05) is 35.2 Å². The van der Waals surface area contributed by atoms with Crippen molar-refractivity contribution < 1.29 is 17.6 Å². The van der Waals surface area contributed by atoms with Gasteiger partial charge in [0.1, 0.15) is 11.1 Å². The molecule has 2 rings (SSSR count). The molecule has 1 unspecified atom stereocenters. The second-order valence-electron chi connectivity index (χ2n) is 4.31. The Balaban J connectivity index is 2.14. The molecule has 1 aromatic rings. The molecule has 0 radical (unpaired) electrons. The van der Waals surface area contributed by atoms with Crippen molar-refractivity contribution in [1.82, 2.24) is 4.90 Å². The molecule has 104 valence electrons. The van der Waals surface area contributed by atoms with Gasteiger partial charge in [-0.2, -0.15) is 0 Å². The Kier molecular flexibility index (Phi) is 4.03. The second kappa shape index (κ2) is 5.26. The zero-order valence-corrected chi connectivity index (χ0v) is 12.0. The second-order valence-corrected chi connectivity index (χ2v) is 7.63. The summed E-state index contributed by atoms with van der Waals surface area (Å²) in [4.78, 5) is 13.1. The number of carbonyl (C=O) groups excluding carboxylic acids is 1. The van der Waals surface area contributed by atoms with Crippen LogP contribution in [0.15, 0.2) is 18.2 Å². The van der Waals surface area contributed by atoms with E-state index in [1.54, 1.807) is 0 Å². The maximum atomic E-state index is 12.9. The first kappa shape index (κ1) is 14.6. The molecule has 1 fully saturated rings. The van der Waals surface area contributed by atoms with Gasteiger partial charge in [-0.05, 0) is 17.7 Å². The molecule has 1 saturated heterocycles. The molecule has 1 aliphatic heterocycles. The average molecular weight is 326 g/mol. The molecule has 8 heteroatoms. The summed E-state index contributed by atoms with van der Waals surface area (Å²) >= 11 is 5.86. The standard InChI is InChI=1S/C11H10Cl2FNO3S/c12-10-3-8(14)2-1-7(10)5-15-6-9(4-11(15)16)19(13,17)18/h1-3,9H,4-6H2. The molecule has 0 bridgehead atoms. The lowest BCUT2D eigenvalue weighted by molar-refractivity contribution is -0.128. The summed E-state index contributed by atoms with van der Waals surface area (Å²) < 4.78 is 35.3. The van der Waals surface area contributed by atoms with Crippen LogP contribution in [0.2, 0.25) is 5.02 Å². The molecule has 1 amide bonds. The Morgan fingerprint density at radius 1 is 1.42 bits per heavy atom. The van der Waals surface area contributed by atoms with E-state index in [-0.39, 0.29) is 30.4 Å². The summed E-state index contributed by atoms with van der Waals surface area (Å²) in [6.07, 6.45) is -0.134. The highest BCUT2D eigenvalue weighted by Crippen LogP contribution is 2.25. The van der Waals surface area contributed by atoms with Crippen molar-refractivity contribution >= 4 is 37.2 Å². The van der Waals surface area contributed by atoms with Gasteiger partial charge in [0.2, 0.25) is 15.0 Å². The summed E-state index contributed by atoms with van der Waals surface area (Å²) in [5, 5.41) is -0.703. The van der Waals surface area contributed by atoms with E-state index >= 15 is 0 Å². The van der Waals surface area contributed by atoms with Crippen LogP contribution in [0, 0.1) is 5.82 Å². The van der Waals surface area contributed by atoms with Crippen LogP contribution in [0.5, 0.6) is 0 Å². The van der Waals surface area contributed by atoms with Crippen LogP contribution in [-0.4, -0.2) is 31.0 Å². The number of likely N-dealkylation sites (tertiary alicyclic amines) is 1. The fourth-order valence-electron chi connectivity index (χ4n) is 1.93. The minimum absolute atomic E-state index is 0.0262. The van der Waals surface area contributed by atoms with E-state index in [2.05, 4.69) is 0 Å². The Morgan fingerprint density at radius 3 is 2.63 bits per heavy atom. The number of amides is 1. The molecule has 1 aliphatic rings. The smallest absolute Gasteiger partial charge is 0.237 e. The van der Waals surface area contributed by atoms with Crippen molar-refractivity contribution in [1.29, 1.82) is 0 Å². The van der Waals surface area contributed by atoms with Crippen LogP contribution in [0.1, 0.15) is 12.0 Å². The van der Waals surface area contributed by atoms with Crippen LogP contribution in [0.4, 0.5) is 4.39 Å². The third kappa shape index (κ3) is 3.38. The minimum Gasteiger partial charge on any atom is -0.337 e. The van der Waals surface area contributed by atoms with Crippen LogP contribution in [-0.2, 0) is 20.4 Å². The SMILES string of the molecule is O=C1CC(S(=O)(=O)Cl)CN1Cc1ccc(F)cc1Cl. The molecule has 1 heterocycles. The van der Waals surface area contributed by atoms with Gasteiger partial charge in [-0.25, -0.2) is 12.8 Å². The van der Waals surface area contributed by atoms with E-state index in [0.717, 1.165) is 6.07 Å². The van der Waals surface area contributed by atoms with Crippen molar-refractivity contribution in [3.8, 4) is 0 Å². The van der Waals surface area contributed by atoms with Crippen LogP contribution < -0.4 is 0 Å². The van der Waals surface area contributed by atoms with Crippen molar-refractivity contribution in [3.63, 3.8) is 0 Å². The van der Waals surface area contributed by atoms with Gasteiger partial charge >= 0.3 is 0 Å². The molecule has 4 nitrogen and oxygen atoms in total. The summed E-state index contributed by atoms with van der Waals surface area (Å²) in [6, 6.07) is 3.85. The van der Waals surface area contributed by atoms with E-state index in [9.17, 15) is 17.6 Å². The molecule has 1 atom stereocenters. The molecule has 0 aliphatic carbocycles. The van der Waals surface area contributed by atoms with Crippen molar-refractivity contribution in [2.75, 3.05) is 6.54 Å². The molecule has 0 N–H and O–H groups in total. The predicted molar refractivity (Wildman–Crippen MR) is 70.0 cm³/mol. The highest BCUT2D eigenvalue weighted by molar-refractivity contribution is 8.14. The van der Waals surface area contributed by atoms with E-state index < -0.39 is 20.1 Å². The molecule has 0 spiro atoms. The third-order valence-corrected chi connectivity index (χ3v) is 5.17. The highest BCUT2D eigenvalue weighted by atomic mass is 35.7. The summed E-state index contributed by atoms with van der Waals surface area (Å²) in [5.74, 6) is -0.780. The Labute approximate surface area is 119 Å². The zero-order chi connectivity index (χ0) is 14.2. The van der Waals surface area contributed by atoms with Crippen molar-refractivity contribution in [3.05, 3.63) is 34.6 Å². The number of rotatable bonds is 3. The number of carbonyl (C=O) groups is 1. The van der Waals surface area contributed by atoms with Gasteiger partial charge in [-0.15, -0.1) is 0 Å². The largest absolute Gasteiger partial charge is 0.337 e. The fourth-order valence-corrected chi connectivity index (χ4v) is 3.22. The first-order valence-corrected chi connectivity index (χ1v) is 8.17. The van der Waals surface area contributed by atoms with E-state index in [0.29, 0.717) is 5.56 Å². The van der Waals surface area contributed by atoms with Crippen LogP contribution in [0.3, 0.4) is 0 Å². The maximum absolute atomic E-state index is 12.9. The lowest BCUT2D eigenvalue weighted by Crippen LogP contribution is -2.26. The first-order valence-electron chi connectivity index (χ1n) is 5.42. The normalized spacial score (nSPS) is 20.1. The third-order valence-electron chi connectivity index (χ3n) is 2.95. The highest BCUT2D eigenvalue weighted by Gasteiger charge is 2.37. The number of nitrogens with zero attached hydrogens (tertiary/aromatic N) is 1. The van der Waals surface area contributed by atoms with Crippen LogP contribution >= 0.6 is 22.3 Å². The van der Waals surface area contributed by atoms with Crippen LogP contribution in [0.25, 0.3) is 0 Å². The fraction of sp³-hybridized carbons (Fsp3) is 0.364. The predicted octanol–water partition coefficient (Wildman–Crippen LogP) is 2.15. The Hall–Kier alpha value is -0.850. The van der Waals surface area contributed by atoms with Gasteiger partial charge in [0.25, 0.3) is 0 Å². The Bertz CT molecular complexity index is 620. The number of hydrogen-bond donors (Lipinski definition) is 0. The van der Waals surface area contributed by atoms with E-state index in [1.165, 1.54) is 17.0 Å². The lowest BCUT2D eigenvalue weighted by Gasteiger charge is -2.17. The van der Waals surface area contributed by atoms with E-state index in [1.807, 2.05) is 0 Å². The molecule has 0 aromatic heterocycles. The quantitative estimate of drug-likeness (QED) is 0.800. The van der Waals surface area contributed by atoms with Gasteiger partial charge in [-0.1, -0.05) is 17.7 Å². The van der Waals surface area contributed by atoms with Gasteiger partial charge < -0.3 is 4.90 Å². The topological polar surface area (TPSA) is 54.5 Å². The molecular formula is C11H10Cl2FNO3S. The number of hydrogen-bond acceptors (Lipinski definition) is 3. The summed E-state index contributed by atoms with van der Waals surface area (Å²) in [5.41, 5.74) is 0.559. The number of halogens is 3. The number of benzene rings is 1. The molecule has 19 heavy (non-hydrogen) atoms. The van der Waals surface area contributed by atoms with Gasteiger partial charge in [-0.3, -0.25) is 4.79 Å². The Morgan fingerprint density at radius 2 is 2.11 bits per heavy atom. The van der Waals surface area contributed by atoms with Gasteiger partial charge in [0.05, 0.1) is 0 Å². The average Bonchev–Trinajstić information content (AvgIpc) is 2.64. The molecular weight excluding hydrogens is 316 g/mol. The summed E-state index contributed by atoms with van der Waals surface area (Å²) in [7, 11) is 1.48. The van der Waals surface area contributed by atoms with Crippen molar-refractivity contribution in [2.24, 2.45) is 0 Å². The van der Waals surface area contributed by atoms with Crippen molar-refractivity contribution in [2.45, 2.75) is 18.2 Å². The van der Waals surface area contributed by atoms with Gasteiger partial charge in [0.15, 0.2) is 0 Å². The lowest BCUT2D eigenvalue weighted by atomic mass is 10.2. The summed E-state index contributed by atoms with van der Waals surface area (Å²) in [6.45, 7) is 0.166. The maximum Gasteiger partial charge on any atom is 0.237 e. The first-order chi connectivity index (χ1) is 8.77. The molecule has 0 saturated carbocycles. The minimum atomic E-state index is -3.76. The van der Waals surface area contributed by atoms with E-state index in [4.69, 9.17) is 22.3 Å². The zero-order valence-electron chi connectivity index (χ0n) is 9.64.